The summed E-state index contributed by atoms with van der Waals surface area (Å²) in [6.07, 6.45) is 8.56. The molecule has 0 unspecified atom stereocenters. The summed E-state index contributed by atoms with van der Waals surface area (Å²) in [7, 11) is 0. The lowest BCUT2D eigenvalue weighted by Gasteiger charge is -2.31. The second-order valence-electron chi connectivity index (χ2n) is 4.69. The molecule has 0 spiro atoms. The van der Waals surface area contributed by atoms with Crippen LogP contribution in [0.15, 0.2) is 85.1 Å². The van der Waals surface area contributed by atoms with E-state index in [0.717, 1.165) is 6.54 Å². The fourth-order valence-electron chi connectivity index (χ4n) is 2.52. The van der Waals surface area contributed by atoms with Gasteiger partial charge in [-0.25, -0.2) is 0 Å². The first-order chi connectivity index (χ1) is 9.45. The van der Waals surface area contributed by atoms with Crippen LogP contribution < -0.4 is 0 Å². The van der Waals surface area contributed by atoms with Gasteiger partial charge < -0.3 is 4.90 Å². The summed E-state index contributed by atoms with van der Waals surface area (Å²) >= 11 is 0. The van der Waals surface area contributed by atoms with Gasteiger partial charge in [-0.15, -0.1) is 17.0 Å². The van der Waals surface area contributed by atoms with Crippen LogP contribution in [0.4, 0.5) is 0 Å². The smallest absolute Gasteiger partial charge is 0.0793 e. The zero-order chi connectivity index (χ0) is 12.9. The SMILES string of the molecule is Br.C1=CCN(C(c2ccccc2)c2ccccc2)C=C1. The Labute approximate surface area is 131 Å². The van der Waals surface area contributed by atoms with Crippen LogP contribution in [0.3, 0.4) is 0 Å². The monoisotopic (exact) mass is 327 g/mol. The zero-order valence-corrected chi connectivity index (χ0v) is 12.9. The predicted molar refractivity (Wildman–Crippen MR) is 90.0 cm³/mol. The number of hydrogen-bond donors (Lipinski definition) is 0. The van der Waals surface area contributed by atoms with Crippen LogP contribution in [0.25, 0.3) is 0 Å². The number of benzene rings is 2. The summed E-state index contributed by atoms with van der Waals surface area (Å²) in [5, 5.41) is 0. The maximum atomic E-state index is 2.37. The molecule has 1 nitrogen and oxygen atoms in total. The second-order valence-corrected chi connectivity index (χ2v) is 4.69. The van der Waals surface area contributed by atoms with Crippen molar-refractivity contribution in [2.45, 2.75) is 6.04 Å². The Morgan fingerprint density at radius 1 is 0.750 bits per heavy atom. The van der Waals surface area contributed by atoms with Crippen LogP contribution >= 0.6 is 17.0 Å². The fraction of sp³-hybridized carbons (Fsp3) is 0.111. The Bertz CT molecular complexity index is 535. The molecule has 0 N–H and O–H groups in total. The molecule has 3 rings (SSSR count). The van der Waals surface area contributed by atoms with Crippen LogP contribution in [-0.4, -0.2) is 11.4 Å². The minimum atomic E-state index is 0. The first kappa shape index (κ1) is 14.6. The molecule has 0 bridgehead atoms. The normalized spacial score (nSPS) is 13.3. The van der Waals surface area contributed by atoms with E-state index < -0.39 is 0 Å². The Hall–Kier alpha value is -1.80. The van der Waals surface area contributed by atoms with Crippen LogP contribution in [0, 0.1) is 0 Å². The van der Waals surface area contributed by atoms with Crippen LogP contribution in [0.2, 0.25) is 0 Å². The third-order valence-corrected chi connectivity index (χ3v) is 3.40. The van der Waals surface area contributed by atoms with E-state index in [-0.39, 0.29) is 23.0 Å². The summed E-state index contributed by atoms with van der Waals surface area (Å²) in [5.41, 5.74) is 2.65. The topological polar surface area (TPSA) is 3.24 Å². The highest BCUT2D eigenvalue weighted by molar-refractivity contribution is 8.93. The van der Waals surface area contributed by atoms with Crippen molar-refractivity contribution in [1.29, 1.82) is 0 Å². The number of halogens is 1. The number of hydrogen-bond acceptors (Lipinski definition) is 1. The van der Waals surface area contributed by atoms with Crippen molar-refractivity contribution in [2.24, 2.45) is 0 Å². The lowest BCUT2D eigenvalue weighted by Crippen LogP contribution is -2.25. The first-order valence-electron chi connectivity index (χ1n) is 6.64. The molecule has 0 saturated carbocycles. The van der Waals surface area contributed by atoms with Crippen molar-refractivity contribution in [3.8, 4) is 0 Å². The molecule has 1 heterocycles. The first-order valence-corrected chi connectivity index (χ1v) is 6.64. The van der Waals surface area contributed by atoms with Gasteiger partial charge in [0.15, 0.2) is 0 Å². The minimum absolute atomic E-state index is 0. The molecule has 0 amide bonds. The maximum Gasteiger partial charge on any atom is 0.0793 e. The van der Waals surface area contributed by atoms with E-state index in [4.69, 9.17) is 0 Å². The lowest BCUT2D eigenvalue weighted by molar-refractivity contribution is 0.346. The number of allylic oxidation sites excluding steroid dienone is 2. The fourth-order valence-corrected chi connectivity index (χ4v) is 2.52. The average Bonchev–Trinajstić information content (AvgIpc) is 2.51. The highest BCUT2D eigenvalue weighted by Crippen LogP contribution is 2.29. The quantitative estimate of drug-likeness (QED) is 0.787. The highest BCUT2D eigenvalue weighted by atomic mass is 79.9. The minimum Gasteiger partial charge on any atom is -0.363 e. The van der Waals surface area contributed by atoms with Gasteiger partial charge in [0.05, 0.1) is 6.04 Å². The van der Waals surface area contributed by atoms with Crippen molar-refractivity contribution in [2.75, 3.05) is 6.54 Å². The summed E-state index contributed by atoms with van der Waals surface area (Å²) in [4.78, 5) is 2.37. The Morgan fingerprint density at radius 3 is 1.75 bits per heavy atom. The van der Waals surface area contributed by atoms with Gasteiger partial charge in [0, 0.05) is 12.7 Å². The number of nitrogens with zero attached hydrogens (tertiary/aromatic N) is 1. The molecule has 1 aliphatic rings. The van der Waals surface area contributed by atoms with Gasteiger partial charge in [-0.05, 0) is 17.2 Å². The molecular formula is C18H18BrN. The molecular weight excluding hydrogens is 310 g/mol. The van der Waals surface area contributed by atoms with Crippen molar-refractivity contribution in [3.63, 3.8) is 0 Å². The molecule has 102 valence electrons. The molecule has 2 aromatic rings. The Morgan fingerprint density at radius 2 is 1.30 bits per heavy atom. The van der Waals surface area contributed by atoms with E-state index in [9.17, 15) is 0 Å². The van der Waals surface area contributed by atoms with Gasteiger partial charge in [0.1, 0.15) is 0 Å². The molecule has 0 radical (unpaired) electrons. The molecule has 0 atom stereocenters. The molecule has 1 aliphatic heterocycles. The lowest BCUT2D eigenvalue weighted by atomic mass is 9.97. The summed E-state index contributed by atoms with van der Waals surface area (Å²) in [6, 6.07) is 21.6. The van der Waals surface area contributed by atoms with Gasteiger partial charge in [-0.3, -0.25) is 0 Å². The molecule has 2 heteroatoms. The Balaban J connectivity index is 0.00000147. The van der Waals surface area contributed by atoms with E-state index >= 15 is 0 Å². The molecule has 0 saturated heterocycles. The van der Waals surface area contributed by atoms with Gasteiger partial charge >= 0.3 is 0 Å². The average molecular weight is 328 g/mol. The second kappa shape index (κ2) is 7.11. The van der Waals surface area contributed by atoms with Crippen molar-refractivity contribution < 1.29 is 0 Å². The van der Waals surface area contributed by atoms with E-state index in [1.807, 2.05) is 0 Å². The van der Waals surface area contributed by atoms with Gasteiger partial charge in [0.2, 0.25) is 0 Å². The molecule has 0 fully saturated rings. The third kappa shape index (κ3) is 3.20. The van der Waals surface area contributed by atoms with Crippen molar-refractivity contribution >= 4 is 17.0 Å². The zero-order valence-electron chi connectivity index (χ0n) is 11.2. The summed E-state index contributed by atoms with van der Waals surface area (Å²) in [5.74, 6) is 0. The summed E-state index contributed by atoms with van der Waals surface area (Å²) < 4.78 is 0. The van der Waals surface area contributed by atoms with Gasteiger partial charge in [-0.1, -0.05) is 72.8 Å². The molecule has 0 aliphatic carbocycles. The summed E-state index contributed by atoms with van der Waals surface area (Å²) in [6.45, 7) is 0.949. The van der Waals surface area contributed by atoms with Crippen LogP contribution in [0.1, 0.15) is 17.2 Å². The Kier molecular flexibility index (Phi) is 5.19. The van der Waals surface area contributed by atoms with Gasteiger partial charge in [-0.2, -0.15) is 0 Å². The highest BCUT2D eigenvalue weighted by Gasteiger charge is 2.19. The largest absolute Gasteiger partial charge is 0.363 e. The van der Waals surface area contributed by atoms with Crippen molar-refractivity contribution in [1.82, 2.24) is 4.90 Å². The molecule has 2 aromatic carbocycles. The van der Waals surface area contributed by atoms with Crippen LogP contribution in [-0.2, 0) is 0 Å². The maximum absolute atomic E-state index is 2.37. The van der Waals surface area contributed by atoms with E-state index in [1.54, 1.807) is 0 Å². The molecule has 20 heavy (non-hydrogen) atoms. The van der Waals surface area contributed by atoms with E-state index in [0.29, 0.717) is 0 Å². The number of rotatable bonds is 3. The standard InChI is InChI=1S/C18H17N.BrH/c1-4-10-16(11-5-1)18(17-12-6-2-7-13-17)19-14-8-3-9-15-19;/h1-14,18H,15H2;1H. The van der Waals surface area contributed by atoms with E-state index in [1.165, 1.54) is 11.1 Å². The predicted octanol–water partition coefficient (Wildman–Crippen LogP) is 4.74. The van der Waals surface area contributed by atoms with Crippen LogP contribution in [0.5, 0.6) is 0 Å². The van der Waals surface area contributed by atoms with E-state index in [2.05, 4.69) is 90.0 Å². The third-order valence-electron chi connectivity index (χ3n) is 3.40. The van der Waals surface area contributed by atoms with Crippen molar-refractivity contribution in [3.05, 3.63) is 96.2 Å². The molecule has 0 aromatic heterocycles. The van der Waals surface area contributed by atoms with Gasteiger partial charge in [0.25, 0.3) is 0 Å².